The fraction of sp³-hybridized carbons (Fsp3) is 0.320. The van der Waals surface area contributed by atoms with Gasteiger partial charge in [-0.1, -0.05) is 18.2 Å². The molecule has 0 bridgehead atoms. The van der Waals surface area contributed by atoms with Crippen molar-refractivity contribution in [2.45, 2.75) is 0 Å². The second-order valence-electron chi connectivity index (χ2n) is 8.37. The van der Waals surface area contributed by atoms with E-state index >= 15 is 0 Å². The number of aromatic nitrogens is 3. The van der Waals surface area contributed by atoms with Crippen LogP contribution < -0.4 is 4.90 Å². The molecule has 2 aliphatic heterocycles. The molecular formula is C25H25N5O3. The van der Waals surface area contributed by atoms with Crippen LogP contribution in [0.2, 0.25) is 0 Å². The first-order chi connectivity index (χ1) is 16.3. The molecule has 2 fully saturated rings. The minimum Gasteiger partial charge on any atom is -0.378 e. The van der Waals surface area contributed by atoms with Crippen LogP contribution in [0.1, 0.15) is 10.4 Å². The van der Waals surface area contributed by atoms with Crippen molar-refractivity contribution in [3.63, 3.8) is 0 Å². The highest BCUT2D eigenvalue weighted by Gasteiger charge is 2.22. The van der Waals surface area contributed by atoms with Crippen molar-refractivity contribution >= 4 is 33.7 Å². The number of morpholine rings is 2. The molecule has 4 heterocycles. The van der Waals surface area contributed by atoms with Crippen LogP contribution in [-0.4, -0.2) is 78.4 Å². The highest BCUT2D eigenvalue weighted by atomic mass is 16.5. The van der Waals surface area contributed by atoms with Crippen LogP contribution >= 0.6 is 0 Å². The number of fused-ring (bicyclic) bond motifs is 2. The van der Waals surface area contributed by atoms with Gasteiger partial charge in [0.1, 0.15) is 11.6 Å². The molecule has 0 spiro atoms. The topological polar surface area (TPSA) is 83.6 Å². The number of para-hydroxylation sites is 1. The zero-order valence-corrected chi connectivity index (χ0v) is 18.3. The molecule has 0 saturated carbocycles. The lowest BCUT2D eigenvalue weighted by Crippen LogP contribution is -2.40. The summed E-state index contributed by atoms with van der Waals surface area (Å²) in [6, 6.07) is 15.9. The summed E-state index contributed by atoms with van der Waals surface area (Å²) in [5.41, 5.74) is 4.23. The molecule has 8 heteroatoms. The van der Waals surface area contributed by atoms with Crippen LogP contribution in [0.15, 0.2) is 48.5 Å². The Morgan fingerprint density at radius 3 is 2.42 bits per heavy atom. The molecule has 0 radical (unpaired) electrons. The molecule has 0 aliphatic carbocycles. The van der Waals surface area contributed by atoms with Gasteiger partial charge in [0.25, 0.3) is 5.91 Å². The van der Waals surface area contributed by atoms with Gasteiger partial charge in [0.05, 0.1) is 48.5 Å². The Morgan fingerprint density at radius 1 is 0.848 bits per heavy atom. The summed E-state index contributed by atoms with van der Waals surface area (Å²) >= 11 is 0. The predicted octanol–water partition coefficient (Wildman–Crippen LogP) is 3.09. The smallest absolute Gasteiger partial charge is 0.254 e. The van der Waals surface area contributed by atoms with Crippen molar-refractivity contribution in [2.75, 3.05) is 57.5 Å². The minimum absolute atomic E-state index is 0.0257. The summed E-state index contributed by atoms with van der Waals surface area (Å²) in [6.45, 7) is 5.35. The van der Waals surface area contributed by atoms with Crippen LogP contribution in [0.4, 0.5) is 5.82 Å². The van der Waals surface area contributed by atoms with Crippen LogP contribution in [0.25, 0.3) is 33.3 Å². The number of carbonyl (C=O) groups is 1. The number of H-pyrrole nitrogens is 1. The number of nitrogens with one attached hydrogen (secondary N) is 1. The van der Waals surface area contributed by atoms with Gasteiger partial charge in [-0.15, -0.1) is 0 Å². The SMILES string of the molecule is O=C(c1ccc2nc(-c3cc4ccccc4nc3N3CCOCC3)[nH]c2c1)N1CCOCC1. The van der Waals surface area contributed by atoms with Crippen LogP contribution in [0, 0.1) is 0 Å². The van der Waals surface area contributed by atoms with Crippen molar-refractivity contribution in [3.05, 3.63) is 54.1 Å². The third kappa shape index (κ3) is 3.81. The molecule has 4 aromatic rings. The summed E-state index contributed by atoms with van der Waals surface area (Å²) in [4.78, 5) is 30.3. The second-order valence-corrected chi connectivity index (χ2v) is 8.37. The normalized spacial score (nSPS) is 17.1. The average Bonchev–Trinajstić information content (AvgIpc) is 3.32. The molecule has 2 saturated heterocycles. The fourth-order valence-electron chi connectivity index (χ4n) is 4.52. The Hall–Kier alpha value is -3.49. The van der Waals surface area contributed by atoms with Gasteiger partial charge in [-0.05, 0) is 30.3 Å². The molecule has 2 aromatic carbocycles. The van der Waals surface area contributed by atoms with Crippen LogP contribution in [0.5, 0.6) is 0 Å². The van der Waals surface area contributed by atoms with Crippen LogP contribution in [-0.2, 0) is 9.47 Å². The quantitative estimate of drug-likeness (QED) is 0.524. The predicted molar refractivity (Wildman–Crippen MR) is 127 cm³/mol. The van der Waals surface area contributed by atoms with Gasteiger partial charge in [-0.25, -0.2) is 9.97 Å². The molecule has 1 N–H and O–H groups in total. The largest absolute Gasteiger partial charge is 0.378 e. The van der Waals surface area contributed by atoms with E-state index in [9.17, 15) is 4.79 Å². The molecule has 33 heavy (non-hydrogen) atoms. The number of amides is 1. The van der Waals surface area contributed by atoms with Gasteiger partial charge in [0, 0.05) is 37.1 Å². The monoisotopic (exact) mass is 443 g/mol. The van der Waals surface area contributed by atoms with Gasteiger partial charge in [0.2, 0.25) is 0 Å². The van der Waals surface area contributed by atoms with E-state index in [1.54, 1.807) is 0 Å². The van der Waals surface area contributed by atoms with Gasteiger partial charge in [-0.2, -0.15) is 0 Å². The van der Waals surface area contributed by atoms with E-state index in [4.69, 9.17) is 19.4 Å². The fourth-order valence-corrected chi connectivity index (χ4v) is 4.52. The summed E-state index contributed by atoms with van der Waals surface area (Å²) in [6.07, 6.45) is 0. The number of nitrogens with zero attached hydrogens (tertiary/aromatic N) is 4. The van der Waals surface area contributed by atoms with Gasteiger partial charge >= 0.3 is 0 Å². The van der Waals surface area contributed by atoms with E-state index in [1.165, 1.54) is 0 Å². The lowest BCUT2D eigenvalue weighted by atomic mass is 10.1. The average molecular weight is 444 g/mol. The Morgan fingerprint density at radius 2 is 1.61 bits per heavy atom. The number of anilines is 1. The second kappa shape index (κ2) is 8.46. The Bertz CT molecular complexity index is 1320. The van der Waals surface area contributed by atoms with Crippen molar-refractivity contribution < 1.29 is 14.3 Å². The summed E-state index contributed by atoms with van der Waals surface area (Å²) in [5, 5.41) is 1.06. The highest BCUT2D eigenvalue weighted by molar-refractivity contribution is 5.98. The summed E-state index contributed by atoms with van der Waals surface area (Å²) in [5.74, 6) is 1.68. The van der Waals surface area contributed by atoms with Crippen LogP contribution in [0.3, 0.4) is 0 Å². The number of pyridine rings is 1. The molecule has 8 nitrogen and oxygen atoms in total. The van der Waals surface area contributed by atoms with Gasteiger partial charge < -0.3 is 24.3 Å². The Kier molecular flexibility index (Phi) is 5.16. The lowest BCUT2D eigenvalue weighted by molar-refractivity contribution is 0.0303. The molecule has 2 aliphatic rings. The molecule has 2 aromatic heterocycles. The third-order valence-corrected chi connectivity index (χ3v) is 6.30. The standard InChI is InChI=1S/C25H25N5O3/c31-25(30-9-13-33-14-10-30)18-5-6-21-22(16-18)27-23(26-21)19-15-17-3-1-2-4-20(17)28-24(19)29-7-11-32-12-8-29/h1-6,15-16H,7-14H2,(H,26,27). The number of imidazole rings is 1. The van der Waals surface area contributed by atoms with E-state index < -0.39 is 0 Å². The third-order valence-electron chi connectivity index (χ3n) is 6.30. The highest BCUT2D eigenvalue weighted by Crippen LogP contribution is 2.32. The zero-order chi connectivity index (χ0) is 22.2. The number of ether oxygens (including phenoxy) is 2. The number of hydrogen-bond acceptors (Lipinski definition) is 6. The van der Waals surface area contributed by atoms with E-state index in [1.807, 2.05) is 41.3 Å². The van der Waals surface area contributed by atoms with Crippen molar-refractivity contribution in [2.24, 2.45) is 0 Å². The van der Waals surface area contributed by atoms with E-state index in [-0.39, 0.29) is 5.91 Å². The Labute approximate surface area is 191 Å². The summed E-state index contributed by atoms with van der Waals surface area (Å²) in [7, 11) is 0. The molecule has 1 amide bonds. The van der Waals surface area contributed by atoms with Gasteiger partial charge in [0.15, 0.2) is 0 Å². The van der Waals surface area contributed by atoms with E-state index in [0.717, 1.165) is 52.2 Å². The molecule has 0 unspecified atom stereocenters. The number of aromatic amines is 1. The zero-order valence-electron chi connectivity index (χ0n) is 18.3. The number of hydrogen-bond donors (Lipinski definition) is 1. The van der Waals surface area contributed by atoms with E-state index in [2.05, 4.69) is 22.0 Å². The molecule has 168 valence electrons. The number of rotatable bonds is 3. The first-order valence-corrected chi connectivity index (χ1v) is 11.4. The molecule has 0 atom stereocenters. The van der Waals surface area contributed by atoms with Crippen molar-refractivity contribution in [1.82, 2.24) is 19.9 Å². The maximum absolute atomic E-state index is 12.9. The molecule has 6 rings (SSSR count). The molecular weight excluding hydrogens is 418 g/mol. The number of benzene rings is 2. The lowest BCUT2D eigenvalue weighted by Gasteiger charge is -2.29. The number of carbonyl (C=O) groups excluding carboxylic acids is 1. The maximum Gasteiger partial charge on any atom is 0.254 e. The summed E-state index contributed by atoms with van der Waals surface area (Å²) < 4.78 is 10.9. The Balaban J connectivity index is 1.42. The van der Waals surface area contributed by atoms with E-state index in [0.29, 0.717) is 45.1 Å². The first kappa shape index (κ1) is 20.1. The van der Waals surface area contributed by atoms with Crippen molar-refractivity contribution in [3.8, 4) is 11.4 Å². The maximum atomic E-state index is 12.9. The van der Waals surface area contributed by atoms with Gasteiger partial charge in [-0.3, -0.25) is 4.79 Å². The first-order valence-electron chi connectivity index (χ1n) is 11.4. The van der Waals surface area contributed by atoms with Crippen molar-refractivity contribution in [1.29, 1.82) is 0 Å². The minimum atomic E-state index is 0.0257.